The molecule has 0 amide bonds. The van der Waals surface area contributed by atoms with E-state index in [2.05, 4.69) is 292 Å². The quantitative estimate of drug-likeness (QED) is 0.141. The molecule has 76 heavy (non-hydrogen) atoms. The van der Waals surface area contributed by atoms with Crippen LogP contribution < -0.4 is 0 Å². The molecule has 0 fully saturated rings. The lowest BCUT2D eigenvalue weighted by Gasteiger charge is -2.23. The predicted molar refractivity (Wildman–Crippen MR) is 324 cm³/mol. The van der Waals surface area contributed by atoms with Crippen LogP contribution in [0.2, 0.25) is 0 Å². The van der Waals surface area contributed by atoms with Gasteiger partial charge < -0.3 is 9.13 Å². The van der Waals surface area contributed by atoms with Gasteiger partial charge in [-0.3, -0.25) is 0 Å². The lowest BCUT2D eigenvalue weighted by molar-refractivity contribution is 0.659. The highest BCUT2D eigenvalue weighted by atomic mass is 15.0. The Morgan fingerprint density at radius 3 is 1.20 bits per heavy atom. The van der Waals surface area contributed by atoms with Crippen LogP contribution in [-0.2, 0) is 10.8 Å². The summed E-state index contributed by atoms with van der Waals surface area (Å²) in [6, 6.07) is 85.7. The number of hydrogen-bond acceptors (Lipinski definition) is 0. The van der Waals surface area contributed by atoms with Crippen molar-refractivity contribution in [3.8, 4) is 44.8 Å². The lowest BCUT2D eigenvalue weighted by Crippen LogP contribution is -2.15. The molecule has 2 heterocycles. The molecule has 0 aliphatic heterocycles. The molecule has 2 nitrogen and oxygen atoms in total. The minimum Gasteiger partial charge on any atom is -0.309 e. The van der Waals surface area contributed by atoms with Crippen molar-refractivity contribution in [2.45, 2.75) is 38.5 Å². The third-order valence-corrected chi connectivity index (χ3v) is 17.1. The van der Waals surface area contributed by atoms with Crippen molar-refractivity contribution in [1.29, 1.82) is 0 Å². The standard InChI is InChI=1S/C74H54N2/c1-73(2)65-42-49(24-22-47-28-38-71-63(40-47)61-18-10-12-20-69(61)75(71)55-16-6-5-7-17-55)26-34-57(65)59-36-31-53(45-67(59)73)54-32-37-60-58-35-27-50(43-66(58)74(3,4)68(60)46-54)25-23-48-29-39-72-64(41-48)62-19-11-13-21-70(62)76(72)56-33-30-51-14-8-9-15-52(51)44-56/h5-46H,1-4H3. The summed E-state index contributed by atoms with van der Waals surface area (Å²) >= 11 is 0. The summed E-state index contributed by atoms with van der Waals surface area (Å²) in [5.74, 6) is 0. The first-order valence-corrected chi connectivity index (χ1v) is 26.7. The molecule has 2 heteroatoms. The van der Waals surface area contributed by atoms with Crippen LogP contribution in [0.15, 0.2) is 231 Å². The highest BCUT2D eigenvalue weighted by Crippen LogP contribution is 2.53. The lowest BCUT2D eigenvalue weighted by atomic mass is 9.80. The molecule has 2 aromatic heterocycles. The van der Waals surface area contributed by atoms with Gasteiger partial charge in [-0.15, -0.1) is 0 Å². The zero-order chi connectivity index (χ0) is 50.9. The monoisotopic (exact) mass is 970 g/mol. The van der Waals surface area contributed by atoms with Crippen LogP contribution in [0.3, 0.4) is 0 Å². The van der Waals surface area contributed by atoms with Gasteiger partial charge in [0.25, 0.3) is 0 Å². The average molecular weight is 971 g/mol. The largest absolute Gasteiger partial charge is 0.309 e. The Labute approximate surface area is 443 Å². The third-order valence-electron chi connectivity index (χ3n) is 17.1. The molecule has 11 aromatic carbocycles. The SMILES string of the molecule is CC1(C)c2cc(C=Cc3ccc4c(c3)c3ccccc3n4-c3ccccc3)ccc2-c2ccc(-c3ccc4c(c3)C(C)(C)c3cc(C=Cc5ccc6c(c5)c5ccccc5n6-c5ccc6ccccc6c5)ccc3-4)cc21. The van der Waals surface area contributed by atoms with Crippen LogP contribution in [0, 0.1) is 0 Å². The summed E-state index contributed by atoms with van der Waals surface area (Å²) in [4.78, 5) is 0. The van der Waals surface area contributed by atoms with Crippen molar-refractivity contribution in [2.24, 2.45) is 0 Å². The van der Waals surface area contributed by atoms with Crippen LogP contribution >= 0.6 is 0 Å². The maximum atomic E-state index is 2.46. The maximum Gasteiger partial charge on any atom is 0.0541 e. The van der Waals surface area contributed by atoms with E-state index in [4.69, 9.17) is 0 Å². The van der Waals surface area contributed by atoms with Gasteiger partial charge in [-0.1, -0.05) is 210 Å². The Bertz CT molecular complexity index is 4630. The van der Waals surface area contributed by atoms with Gasteiger partial charge in [0.1, 0.15) is 0 Å². The van der Waals surface area contributed by atoms with E-state index < -0.39 is 0 Å². The van der Waals surface area contributed by atoms with Crippen molar-refractivity contribution in [3.63, 3.8) is 0 Å². The highest BCUT2D eigenvalue weighted by Gasteiger charge is 2.38. The third kappa shape index (κ3) is 6.80. The van der Waals surface area contributed by atoms with Gasteiger partial charge in [-0.05, 0) is 161 Å². The molecular formula is C74H54N2. The summed E-state index contributed by atoms with van der Waals surface area (Å²) in [5.41, 5.74) is 25.1. The normalized spacial score (nSPS) is 14.2. The molecule has 0 spiro atoms. The van der Waals surface area contributed by atoms with Crippen molar-refractivity contribution in [3.05, 3.63) is 275 Å². The number of para-hydroxylation sites is 3. The smallest absolute Gasteiger partial charge is 0.0541 e. The van der Waals surface area contributed by atoms with Gasteiger partial charge in [-0.25, -0.2) is 0 Å². The van der Waals surface area contributed by atoms with Gasteiger partial charge in [0.05, 0.1) is 22.1 Å². The second kappa shape index (κ2) is 16.6. The first-order valence-electron chi connectivity index (χ1n) is 26.7. The first kappa shape index (κ1) is 44.3. The number of fused-ring (bicyclic) bond motifs is 13. The zero-order valence-corrected chi connectivity index (χ0v) is 43.1. The zero-order valence-electron chi connectivity index (χ0n) is 43.1. The fraction of sp³-hybridized carbons (Fsp3) is 0.0811. The second-order valence-corrected chi connectivity index (χ2v) is 22.2. The van der Waals surface area contributed by atoms with Gasteiger partial charge in [0.2, 0.25) is 0 Å². The van der Waals surface area contributed by atoms with Crippen molar-refractivity contribution in [2.75, 3.05) is 0 Å². The summed E-state index contributed by atoms with van der Waals surface area (Å²) in [7, 11) is 0. The molecular weight excluding hydrogens is 917 g/mol. The summed E-state index contributed by atoms with van der Waals surface area (Å²) in [5, 5.41) is 7.56. The fourth-order valence-corrected chi connectivity index (χ4v) is 13.1. The van der Waals surface area contributed by atoms with Crippen LogP contribution in [-0.4, -0.2) is 9.13 Å². The minimum absolute atomic E-state index is 0.151. The molecule has 0 bridgehead atoms. The first-order chi connectivity index (χ1) is 37.2. The Balaban J connectivity index is 0.692. The van der Waals surface area contributed by atoms with E-state index in [9.17, 15) is 0 Å². The van der Waals surface area contributed by atoms with E-state index in [1.807, 2.05) is 0 Å². The van der Waals surface area contributed by atoms with Crippen LogP contribution in [0.4, 0.5) is 0 Å². The van der Waals surface area contributed by atoms with Gasteiger partial charge in [0, 0.05) is 43.7 Å². The van der Waals surface area contributed by atoms with Crippen molar-refractivity contribution < 1.29 is 0 Å². The highest BCUT2D eigenvalue weighted by molar-refractivity contribution is 6.11. The van der Waals surface area contributed by atoms with E-state index in [1.165, 1.54) is 144 Å². The molecule has 2 aliphatic carbocycles. The maximum absolute atomic E-state index is 2.46. The van der Waals surface area contributed by atoms with Gasteiger partial charge in [-0.2, -0.15) is 0 Å². The van der Waals surface area contributed by atoms with E-state index in [-0.39, 0.29) is 10.8 Å². The molecule has 0 radical (unpaired) electrons. The Morgan fingerprint density at radius 1 is 0.276 bits per heavy atom. The van der Waals surface area contributed by atoms with Crippen molar-refractivity contribution >= 4 is 78.7 Å². The van der Waals surface area contributed by atoms with Crippen LogP contribution in [0.25, 0.3) is 123 Å². The van der Waals surface area contributed by atoms with E-state index in [1.54, 1.807) is 0 Å². The molecule has 0 saturated carbocycles. The second-order valence-electron chi connectivity index (χ2n) is 22.2. The molecule has 360 valence electrons. The predicted octanol–water partition coefficient (Wildman–Crippen LogP) is 19.7. The van der Waals surface area contributed by atoms with Crippen LogP contribution in [0.1, 0.15) is 72.2 Å². The molecule has 2 aliphatic rings. The Hall–Kier alpha value is -9.24. The average Bonchev–Trinajstić information content (AvgIpc) is 4.19. The minimum atomic E-state index is -0.156. The summed E-state index contributed by atoms with van der Waals surface area (Å²) in [6.45, 7) is 9.57. The van der Waals surface area contributed by atoms with Gasteiger partial charge >= 0.3 is 0 Å². The van der Waals surface area contributed by atoms with Crippen molar-refractivity contribution in [1.82, 2.24) is 9.13 Å². The molecule has 15 rings (SSSR count). The molecule has 0 N–H and O–H groups in total. The number of nitrogens with zero attached hydrogens (tertiary/aromatic N) is 2. The summed E-state index contributed by atoms with van der Waals surface area (Å²) in [6.07, 6.45) is 9.10. The molecule has 0 atom stereocenters. The van der Waals surface area contributed by atoms with Crippen LogP contribution in [0.5, 0.6) is 0 Å². The number of aromatic nitrogens is 2. The Kier molecular flexibility index (Phi) is 9.69. The number of benzene rings is 11. The molecule has 0 saturated heterocycles. The number of hydrogen-bond donors (Lipinski definition) is 0. The molecule has 0 unspecified atom stereocenters. The fourth-order valence-electron chi connectivity index (χ4n) is 13.1. The van der Waals surface area contributed by atoms with Gasteiger partial charge in [0.15, 0.2) is 0 Å². The van der Waals surface area contributed by atoms with E-state index >= 15 is 0 Å². The van der Waals surface area contributed by atoms with E-state index in [0.29, 0.717) is 0 Å². The molecule has 13 aromatic rings. The topological polar surface area (TPSA) is 9.86 Å². The number of rotatable bonds is 7. The Morgan fingerprint density at radius 2 is 0.671 bits per heavy atom. The summed E-state index contributed by atoms with van der Waals surface area (Å²) < 4.78 is 4.78. The van der Waals surface area contributed by atoms with E-state index in [0.717, 1.165) is 0 Å².